The van der Waals surface area contributed by atoms with Crippen LogP contribution in [0.25, 0.3) is 10.4 Å². The molecule has 22 nitrogen and oxygen atoms in total. The maximum atomic E-state index is 13.5. The Labute approximate surface area is 327 Å². The molecule has 1 heterocycles. The predicted molar refractivity (Wildman–Crippen MR) is 196 cm³/mol. The first-order valence-corrected chi connectivity index (χ1v) is 17.8. The summed E-state index contributed by atoms with van der Waals surface area (Å²) in [5.41, 5.74) is 8.10. The summed E-state index contributed by atoms with van der Waals surface area (Å²) >= 11 is 0. The van der Waals surface area contributed by atoms with Crippen molar-refractivity contribution < 1.29 is 66.7 Å². The Morgan fingerprint density at radius 2 is 1.58 bits per heavy atom. The Morgan fingerprint density at radius 3 is 2.16 bits per heavy atom. The first-order chi connectivity index (χ1) is 27.1. The van der Waals surface area contributed by atoms with Gasteiger partial charge in [-0.1, -0.05) is 23.9 Å². The second-order valence-electron chi connectivity index (χ2n) is 12.5. The van der Waals surface area contributed by atoms with Gasteiger partial charge in [-0.05, 0) is 18.4 Å². The largest absolute Gasteiger partial charge is 0.465 e. The van der Waals surface area contributed by atoms with E-state index >= 15 is 0 Å². The number of nitrogens with one attached hydrogen (secondary N) is 3. The maximum absolute atomic E-state index is 13.5. The van der Waals surface area contributed by atoms with Gasteiger partial charge < -0.3 is 53.8 Å². The highest BCUT2D eigenvalue weighted by atomic mass is 16.7. The van der Waals surface area contributed by atoms with Gasteiger partial charge in [0.2, 0.25) is 0 Å². The molecule has 0 bridgehead atoms. The molecular weight excluding hydrogens is 760 g/mol. The van der Waals surface area contributed by atoms with Crippen LogP contribution in [-0.2, 0) is 66.7 Å². The fraction of sp³-hybridized carbons (Fsp3) is 0.657. The van der Waals surface area contributed by atoms with Crippen LogP contribution in [0.15, 0.2) is 14.7 Å². The first kappa shape index (κ1) is 47.4. The summed E-state index contributed by atoms with van der Waals surface area (Å²) in [5, 5.41) is 11.8. The number of hydrogen-bond acceptors (Lipinski definition) is 19. The number of azide groups is 1. The van der Waals surface area contributed by atoms with E-state index in [0.717, 1.165) is 34.8 Å². The summed E-state index contributed by atoms with van der Waals surface area (Å²) in [6.45, 7) is 3.56. The van der Waals surface area contributed by atoms with Crippen molar-refractivity contribution in [2.45, 2.75) is 96.0 Å². The molecule has 1 aromatic rings. The van der Waals surface area contributed by atoms with Crippen LogP contribution in [-0.4, -0.2) is 125 Å². The van der Waals surface area contributed by atoms with Crippen molar-refractivity contribution >= 4 is 47.1 Å². The van der Waals surface area contributed by atoms with Crippen LogP contribution in [0.3, 0.4) is 0 Å². The minimum atomic E-state index is -2.38. The number of hydrogen-bond donors (Lipinski definition) is 3. The molecule has 1 amide bonds. The van der Waals surface area contributed by atoms with Crippen LogP contribution in [0.1, 0.15) is 59.8 Å². The second-order valence-corrected chi connectivity index (χ2v) is 12.5. The number of rotatable bonds is 25. The molecule has 6 atom stereocenters. The Kier molecular flexibility index (Phi) is 20.0. The third-order valence-corrected chi connectivity index (χ3v) is 8.09. The quantitative estimate of drug-likeness (QED) is 0.0173. The summed E-state index contributed by atoms with van der Waals surface area (Å²) in [7, 11) is 1.03. The van der Waals surface area contributed by atoms with Crippen LogP contribution in [0, 0.1) is 12.3 Å². The number of amides is 1. The second kappa shape index (κ2) is 24.0. The molecule has 0 aromatic heterocycles. The Balaban J connectivity index is 2.31. The highest BCUT2D eigenvalue weighted by Crippen LogP contribution is 2.37. The van der Waals surface area contributed by atoms with E-state index < -0.39 is 102 Å². The molecule has 314 valence electrons. The normalized spacial score (nSPS) is 19.7. The number of anilines is 2. The molecule has 0 spiro atoms. The smallest absolute Gasteiger partial charge is 0.366 e. The van der Waals surface area contributed by atoms with Crippen molar-refractivity contribution in [1.82, 2.24) is 5.32 Å². The highest BCUT2D eigenvalue weighted by molar-refractivity contribution is 5.81. The molecule has 1 saturated heterocycles. The highest BCUT2D eigenvalue weighted by Gasteiger charge is 2.59. The first-order valence-electron chi connectivity index (χ1n) is 17.8. The number of ether oxygens (including phenoxy) is 8. The van der Waals surface area contributed by atoms with Gasteiger partial charge in [0.05, 0.1) is 39.3 Å². The lowest BCUT2D eigenvalue weighted by Gasteiger charge is -2.48. The average molecular weight is 809 g/mol. The lowest BCUT2D eigenvalue weighted by molar-refractivity contribution is -0.313. The molecule has 1 aliphatic rings. The zero-order valence-electron chi connectivity index (χ0n) is 32.3. The van der Waals surface area contributed by atoms with E-state index in [1.165, 1.54) is 0 Å². The number of methoxy groups -OCH3 is 1. The minimum absolute atomic E-state index is 0.116. The van der Waals surface area contributed by atoms with Gasteiger partial charge in [-0.15, -0.1) is 6.42 Å². The van der Waals surface area contributed by atoms with Crippen LogP contribution < -0.4 is 26.8 Å². The molecule has 0 unspecified atom stereocenters. The van der Waals surface area contributed by atoms with Gasteiger partial charge in [-0.25, -0.2) is 4.79 Å². The van der Waals surface area contributed by atoms with E-state index in [4.69, 9.17) is 49.8 Å². The molecule has 57 heavy (non-hydrogen) atoms. The zero-order valence-corrected chi connectivity index (χ0v) is 32.3. The topological polar surface area (TPSA) is 295 Å². The standard InChI is InChI=1S/C35H48N6O16/c1-7-14-51-16-13-38-29-28(30(47)31(29)48)37-12-10-8-9-11-15-53-35(34(49)50-6)17-24(54-21(3)43)27(40-26(46)19-52-20(2)42)33(57-35)32(56-23(5)45)25(18-39-41-36)55-22(4)44/h1,24-25,27,32-33,37-38H,8-19H2,2-6H3,(H,40,46)/t24-,25+,27+,32+,33+,35+/m0/s1. The van der Waals surface area contributed by atoms with Crippen molar-refractivity contribution in [2.24, 2.45) is 5.11 Å². The maximum Gasteiger partial charge on any atom is 0.366 e. The van der Waals surface area contributed by atoms with E-state index in [0.29, 0.717) is 32.2 Å². The monoisotopic (exact) mass is 808 g/mol. The molecular formula is C35H48N6O16. The molecule has 3 N–H and O–H groups in total. The van der Waals surface area contributed by atoms with Crippen molar-refractivity contribution in [2.75, 3.05) is 63.8 Å². The Bertz CT molecular complexity index is 1730. The summed E-state index contributed by atoms with van der Waals surface area (Å²) in [6, 6.07) is -1.50. The zero-order chi connectivity index (χ0) is 42.5. The van der Waals surface area contributed by atoms with Crippen molar-refractivity contribution in [3.63, 3.8) is 0 Å². The minimum Gasteiger partial charge on any atom is -0.465 e. The van der Waals surface area contributed by atoms with Crippen LogP contribution in [0.5, 0.6) is 0 Å². The Hall–Kier alpha value is -5.75. The molecule has 1 aromatic carbocycles. The van der Waals surface area contributed by atoms with Crippen LogP contribution >= 0.6 is 0 Å². The number of esters is 5. The summed E-state index contributed by atoms with van der Waals surface area (Å²) < 4.78 is 43.6. The van der Waals surface area contributed by atoms with Gasteiger partial charge in [0.25, 0.3) is 22.6 Å². The fourth-order valence-corrected chi connectivity index (χ4v) is 5.78. The average Bonchev–Trinajstić information content (AvgIpc) is 3.15. The molecule has 1 fully saturated rings. The summed E-state index contributed by atoms with van der Waals surface area (Å²) in [6.07, 6.45) is 0.0354. The molecule has 2 rings (SSSR count). The van der Waals surface area contributed by atoms with E-state index in [1.807, 2.05) is 0 Å². The number of nitrogens with zero attached hydrogens (tertiary/aromatic N) is 3. The van der Waals surface area contributed by atoms with E-state index in [-0.39, 0.29) is 37.7 Å². The van der Waals surface area contributed by atoms with Gasteiger partial charge in [-0.2, -0.15) is 0 Å². The predicted octanol–water partition coefficient (Wildman–Crippen LogP) is 0.145. The Morgan fingerprint density at radius 1 is 0.930 bits per heavy atom. The van der Waals surface area contributed by atoms with Crippen LogP contribution in [0.4, 0.5) is 11.4 Å². The summed E-state index contributed by atoms with van der Waals surface area (Å²) in [4.78, 5) is 102. The molecule has 0 saturated carbocycles. The van der Waals surface area contributed by atoms with E-state index in [2.05, 4.69) is 31.9 Å². The van der Waals surface area contributed by atoms with E-state index in [9.17, 15) is 38.4 Å². The third kappa shape index (κ3) is 15.0. The van der Waals surface area contributed by atoms with Crippen LogP contribution in [0.2, 0.25) is 0 Å². The molecule has 0 aliphatic carbocycles. The fourth-order valence-electron chi connectivity index (χ4n) is 5.78. The van der Waals surface area contributed by atoms with Crippen molar-refractivity contribution in [3.05, 3.63) is 30.9 Å². The van der Waals surface area contributed by atoms with Gasteiger partial charge >= 0.3 is 29.8 Å². The van der Waals surface area contributed by atoms with E-state index in [1.54, 1.807) is 0 Å². The third-order valence-electron chi connectivity index (χ3n) is 8.09. The van der Waals surface area contributed by atoms with Gasteiger partial charge in [0, 0.05) is 45.7 Å². The van der Waals surface area contributed by atoms with Gasteiger partial charge in [-0.3, -0.25) is 33.6 Å². The van der Waals surface area contributed by atoms with Gasteiger partial charge in [0.15, 0.2) is 12.7 Å². The molecule has 0 radical (unpaired) electrons. The number of unbranched alkanes of at least 4 members (excludes halogenated alkanes) is 3. The SMILES string of the molecule is C#CCOCCNc1c(NCCCCCCO[C@]2(C(=O)OC)C[C@H](OC(C)=O)[C@@H](NC(=O)COC(C)=O)[C@H]([C@H](OC(C)=O)[C@@H](CN=[N+]=[N-])OC(C)=O)O2)c(=O)c1=O. The molecule has 22 heteroatoms. The van der Waals surface area contributed by atoms with Crippen molar-refractivity contribution in [1.29, 1.82) is 0 Å². The lowest BCUT2D eigenvalue weighted by Crippen LogP contribution is -2.69. The number of carbonyl (C=O) groups excluding carboxylic acids is 6. The number of terminal acetylenes is 1. The molecule has 1 aliphatic heterocycles. The van der Waals surface area contributed by atoms with Gasteiger partial charge in [0.1, 0.15) is 36.3 Å². The van der Waals surface area contributed by atoms with Crippen molar-refractivity contribution in [3.8, 4) is 12.3 Å². The number of carbonyl (C=O) groups is 6. The summed E-state index contributed by atoms with van der Waals surface area (Å²) in [5.74, 6) is -5.62. The lowest BCUT2D eigenvalue weighted by atomic mass is 9.87.